The fourth-order valence-corrected chi connectivity index (χ4v) is 11.4. The molecule has 0 aliphatic rings. The van der Waals surface area contributed by atoms with Gasteiger partial charge in [-0.05, 0) is 140 Å². The number of carboxylic acid groups (broad SMARTS) is 4. The van der Waals surface area contributed by atoms with Crippen molar-refractivity contribution >= 4 is 23.9 Å². The van der Waals surface area contributed by atoms with E-state index in [1.807, 2.05) is 0 Å². The summed E-state index contributed by atoms with van der Waals surface area (Å²) in [7, 11) is 0. The van der Waals surface area contributed by atoms with Gasteiger partial charge < -0.3 is 20.4 Å². The van der Waals surface area contributed by atoms with Gasteiger partial charge in [0.25, 0.3) is 0 Å². The topological polar surface area (TPSA) is 149 Å². The van der Waals surface area contributed by atoms with E-state index < -0.39 is 23.9 Å². The molecule has 0 amide bonds. The van der Waals surface area contributed by atoms with Gasteiger partial charge in [0, 0.05) is 47.4 Å². The van der Waals surface area contributed by atoms with Crippen LogP contribution in [0, 0.1) is 11.8 Å². The van der Waals surface area contributed by atoms with Crippen LogP contribution < -0.4 is 0 Å². The molecule has 0 aromatic heterocycles. The molecule has 8 nitrogen and oxygen atoms in total. The quantitative estimate of drug-likeness (QED) is 0.0267. The smallest absolute Gasteiger partial charge is 0.303 e. The Balaban J connectivity index is -0.00000156. The minimum Gasteiger partial charge on any atom is -0.481 e. The standard InChI is InChI=1S/2C38H70O4.Ti/c2*1-36(32-28-24-20-16-12-8-4-2-6-10-14-18-22-26-30-34-37(39)40)33-29-25-21-17-13-9-5-3-7-11-15-19-23-27-31-35-38(41)42;/h2*2-3,6-7,36H,4-5,8-35H2,1H3,(H,39,40)(H,41,42);/b2*6-2-,7-3?;. The predicted molar refractivity (Wildman–Crippen MR) is 362 cm³/mol. The Morgan fingerprint density at radius 2 is 0.329 bits per heavy atom. The molecule has 0 saturated heterocycles. The summed E-state index contributed by atoms with van der Waals surface area (Å²) in [4.78, 5) is 41.9. The zero-order valence-electron chi connectivity index (χ0n) is 56.1. The molecule has 0 bridgehead atoms. The van der Waals surface area contributed by atoms with E-state index >= 15 is 0 Å². The first-order valence-corrected chi connectivity index (χ1v) is 36.5. The SMILES string of the molecule is CC(CCCCCCCCC=CCCCCCCCC(=O)O)CCCCCCCC/C=C\CCCCCCCC(=O)O.CC(CCCCCCCCC=CCCCCCCCC(=O)O)CCCCCCCC/C=C\CCCCCCCC(=O)O.[Ti]. The summed E-state index contributed by atoms with van der Waals surface area (Å²) in [6.45, 7) is 4.91. The van der Waals surface area contributed by atoms with Crippen molar-refractivity contribution < 1.29 is 61.3 Å². The Morgan fingerprint density at radius 1 is 0.212 bits per heavy atom. The number of carboxylic acids is 4. The van der Waals surface area contributed by atoms with E-state index in [0.29, 0.717) is 25.7 Å². The third-order valence-electron chi connectivity index (χ3n) is 17.0. The molecule has 496 valence electrons. The molecule has 0 radical (unpaired) electrons. The van der Waals surface area contributed by atoms with E-state index in [2.05, 4.69) is 62.5 Å². The summed E-state index contributed by atoms with van der Waals surface area (Å²) in [5, 5.41) is 34.5. The fourth-order valence-electron chi connectivity index (χ4n) is 11.4. The van der Waals surface area contributed by atoms with Gasteiger partial charge in [-0.1, -0.05) is 294 Å². The number of allylic oxidation sites excluding steroid dienone is 8. The van der Waals surface area contributed by atoms with Crippen molar-refractivity contribution in [2.45, 2.75) is 399 Å². The first-order chi connectivity index (χ1) is 41.0. The van der Waals surface area contributed by atoms with E-state index in [0.717, 1.165) is 63.2 Å². The van der Waals surface area contributed by atoms with Crippen LogP contribution in [0.15, 0.2) is 48.6 Å². The van der Waals surface area contributed by atoms with Gasteiger partial charge >= 0.3 is 23.9 Å². The van der Waals surface area contributed by atoms with Crippen molar-refractivity contribution in [1.82, 2.24) is 0 Å². The monoisotopic (exact) mass is 1230 g/mol. The average Bonchev–Trinajstić information content (AvgIpc) is 3.46. The van der Waals surface area contributed by atoms with Gasteiger partial charge in [-0.25, -0.2) is 0 Å². The Morgan fingerprint density at radius 3 is 0.471 bits per heavy atom. The maximum absolute atomic E-state index is 10.5. The number of hydrogen-bond donors (Lipinski definition) is 4. The van der Waals surface area contributed by atoms with Gasteiger partial charge in [0.05, 0.1) is 0 Å². The summed E-state index contributed by atoms with van der Waals surface area (Å²) in [5.41, 5.74) is 0. The molecule has 0 heterocycles. The van der Waals surface area contributed by atoms with Gasteiger partial charge in [-0.15, -0.1) is 0 Å². The summed E-state index contributed by atoms with van der Waals surface area (Å²) in [6.07, 6.45) is 90.9. The molecule has 0 spiro atoms. The van der Waals surface area contributed by atoms with Crippen LogP contribution >= 0.6 is 0 Å². The second-order valence-corrected chi connectivity index (χ2v) is 25.7. The van der Waals surface area contributed by atoms with Crippen molar-refractivity contribution in [3.63, 3.8) is 0 Å². The minimum atomic E-state index is -0.667. The van der Waals surface area contributed by atoms with Crippen LogP contribution in [-0.2, 0) is 40.9 Å². The normalized spacial score (nSPS) is 12.4. The van der Waals surface area contributed by atoms with Crippen LogP contribution in [0.4, 0.5) is 0 Å². The van der Waals surface area contributed by atoms with Crippen molar-refractivity contribution in [2.24, 2.45) is 11.8 Å². The maximum atomic E-state index is 10.5. The van der Waals surface area contributed by atoms with E-state index in [9.17, 15) is 19.2 Å². The van der Waals surface area contributed by atoms with Crippen LogP contribution in [0.3, 0.4) is 0 Å². The summed E-state index contributed by atoms with van der Waals surface area (Å²) >= 11 is 0. The zero-order valence-corrected chi connectivity index (χ0v) is 57.7. The molecule has 4 N–H and O–H groups in total. The van der Waals surface area contributed by atoms with E-state index in [1.165, 1.54) is 308 Å². The molecule has 0 fully saturated rings. The third-order valence-corrected chi connectivity index (χ3v) is 17.0. The Labute approximate surface area is 541 Å². The number of unbranched alkanes of at least 4 members (excludes halogenated alkanes) is 44. The molecule has 2 atom stereocenters. The molecule has 9 heteroatoms. The van der Waals surface area contributed by atoms with Crippen LogP contribution in [0.2, 0.25) is 0 Å². The van der Waals surface area contributed by atoms with Crippen LogP contribution in [0.1, 0.15) is 399 Å². The first-order valence-electron chi connectivity index (χ1n) is 36.5. The molecular weight excluding hydrogens is 1090 g/mol. The zero-order chi connectivity index (χ0) is 61.5. The molecule has 0 saturated carbocycles. The minimum absolute atomic E-state index is 0. The Hall–Kier alpha value is -2.45. The molecule has 0 aliphatic heterocycles. The number of carbonyl (C=O) groups is 4. The largest absolute Gasteiger partial charge is 0.481 e. The Kier molecular flexibility index (Phi) is 77.4. The molecule has 2 unspecified atom stereocenters. The molecule has 0 aromatic rings. The van der Waals surface area contributed by atoms with Gasteiger partial charge in [0.1, 0.15) is 0 Å². The third kappa shape index (κ3) is 85.8. The number of aliphatic carboxylic acids is 4. The summed E-state index contributed by atoms with van der Waals surface area (Å²) in [5.74, 6) is -0.870. The van der Waals surface area contributed by atoms with Crippen LogP contribution in [0.5, 0.6) is 0 Å². The predicted octanol–water partition coefficient (Wildman–Crippen LogP) is 25.2. The Bertz CT molecular complexity index is 1290. The maximum Gasteiger partial charge on any atom is 0.303 e. The van der Waals surface area contributed by atoms with Crippen LogP contribution in [-0.4, -0.2) is 44.3 Å². The molecular formula is C76H140O8Ti. The average molecular weight is 1230 g/mol. The molecule has 0 rings (SSSR count). The second kappa shape index (κ2) is 75.8. The molecule has 0 aromatic carbocycles. The van der Waals surface area contributed by atoms with E-state index in [4.69, 9.17) is 20.4 Å². The van der Waals surface area contributed by atoms with Gasteiger partial charge in [-0.3, -0.25) is 19.2 Å². The number of rotatable bonds is 68. The summed E-state index contributed by atoms with van der Waals surface area (Å²) < 4.78 is 0. The number of hydrogen-bond acceptors (Lipinski definition) is 4. The van der Waals surface area contributed by atoms with Crippen molar-refractivity contribution in [2.75, 3.05) is 0 Å². The van der Waals surface area contributed by atoms with Gasteiger partial charge in [0.2, 0.25) is 0 Å². The van der Waals surface area contributed by atoms with Crippen LogP contribution in [0.25, 0.3) is 0 Å². The fraction of sp³-hybridized carbons (Fsp3) is 0.842. The van der Waals surface area contributed by atoms with Gasteiger partial charge in [-0.2, -0.15) is 0 Å². The van der Waals surface area contributed by atoms with Gasteiger partial charge in [0.15, 0.2) is 0 Å². The van der Waals surface area contributed by atoms with E-state index in [-0.39, 0.29) is 21.7 Å². The van der Waals surface area contributed by atoms with E-state index in [1.54, 1.807) is 0 Å². The first kappa shape index (κ1) is 86.8. The second-order valence-electron chi connectivity index (χ2n) is 25.7. The van der Waals surface area contributed by atoms with Crippen molar-refractivity contribution in [3.05, 3.63) is 48.6 Å². The molecule has 0 aliphatic carbocycles. The van der Waals surface area contributed by atoms with Crippen molar-refractivity contribution in [1.29, 1.82) is 0 Å². The summed E-state index contributed by atoms with van der Waals surface area (Å²) in [6, 6.07) is 0. The van der Waals surface area contributed by atoms with Crippen molar-refractivity contribution in [3.8, 4) is 0 Å². The molecule has 85 heavy (non-hydrogen) atoms.